The Bertz CT molecular complexity index is 1480. The van der Waals surface area contributed by atoms with E-state index in [4.69, 9.17) is 14.2 Å². The van der Waals surface area contributed by atoms with Gasteiger partial charge in [-0.25, -0.2) is 0 Å². The summed E-state index contributed by atoms with van der Waals surface area (Å²) in [4.78, 5) is 25.5. The fraction of sp³-hybridized carbons (Fsp3) is 0.587. The highest BCUT2D eigenvalue weighted by atomic mass is 16.6. The van der Waals surface area contributed by atoms with Crippen molar-refractivity contribution in [3.8, 4) is 0 Å². The Labute approximate surface area is 419 Å². The van der Waals surface area contributed by atoms with Crippen LogP contribution in [0.3, 0.4) is 0 Å². The predicted molar refractivity (Wildman–Crippen MR) is 297 cm³/mol. The number of ether oxygens (including phenoxy) is 3. The van der Waals surface area contributed by atoms with E-state index in [0.29, 0.717) is 19.4 Å². The molecule has 1 atom stereocenters. The molecule has 0 aromatic rings. The van der Waals surface area contributed by atoms with Crippen LogP contribution in [0, 0.1) is 0 Å². The molecule has 0 fully saturated rings. The molecule has 0 spiro atoms. The standard InChI is InChI=1S/C63H100O5/c1-4-7-10-13-16-19-22-25-28-30-31-32-34-37-40-43-46-49-52-55-58-66-59-61(68-63(65)57-54-51-48-45-42-39-35-27-24-21-18-15-12-9-6-3)60-67-62(64)56-53-50-47-44-41-38-36-33-29-26-23-20-17-14-11-8-5-2/h7-12,16-21,25-29,31-32,35,37,40,46,49,61H,4-6,13-15,22-24,30,33-34,36,38-39,41-45,47-48,50-60H2,1-3H3/b10-7-,11-8-,12-9-,19-16-,20-17-,21-18-,28-25-,29-26-,32-31-,35-27-,40-37-,49-46-. The zero-order valence-corrected chi connectivity index (χ0v) is 43.8. The van der Waals surface area contributed by atoms with E-state index in [-0.39, 0.29) is 25.2 Å². The van der Waals surface area contributed by atoms with Crippen LogP contribution in [0.4, 0.5) is 0 Å². The molecule has 0 aliphatic heterocycles. The van der Waals surface area contributed by atoms with Crippen molar-refractivity contribution in [3.05, 3.63) is 146 Å². The van der Waals surface area contributed by atoms with Crippen molar-refractivity contribution in [3.63, 3.8) is 0 Å². The van der Waals surface area contributed by atoms with Gasteiger partial charge in [0.15, 0.2) is 6.10 Å². The topological polar surface area (TPSA) is 61.8 Å². The SMILES string of the molecule is CC/C=C\C/C=C\C/C=C\C/C=C\C/C=C\C/C=C\CCCOCC(COC(=O)CCCCCCCCC/C=C\C/C=C\C/C=C\CC)OC(=O)CCCCCCC/C=C\C/C=C\C/C=C\CC. The van der Waals surface area contributed by atoms with Gasteiger partial charge in [0.2, 0.25) is 0 Å². The second-order valence-electron chi connectivity index (χ2n) is 17.3. The van der Waals surface area contributed by atoms with Gasteiger partial charge < -0.3 is 14.2 Å². The van der Waals surface area contributed by atoms with E-state index < -0.39 is 6.10 Å². The van der Waals surface area contributed by atoms with Gasteiger partial charge in [-0.1, -0.05) is 218 Å². The van der Waals surface area contributed by atoms with Crippen LogP contribution in [0.15, 0.2) is 146 Å². The zero-order valence-electron chi connectivity index (χ0n) is 43.8. The minimum Gasteiger partial charge on any atom is -0.462 e. The van der Waals surface area contributed by atoms with Crippen molar-refractivity contribution >= 4 is 11.9 Å². The first-order chi connectivity index (χ1) is 33.6. The van der Waals surface area contributed by atoms with Crippen LogP contribution in [-0.2, 0) is 23.8 Å². The van der Waals surface area contributed by atoms with Crippen molar-refractivity contribution in [2.75, 3.05) is 19.8 Å². The first-order valence-electron chi connectivity index (χ1n) is 27.4. The molecule has 0 saturated carbocycles. The molecule has 0 rings (SSSR count). The van der Waals surface area contributed by atoms with Gasteiger partial charge in [-0.2, -0.15) is 0 Å². The summed E-state index contributed by atoms with van der Waals surface area (Å²) in [7, 11) is 0. The molecule has 0 saturated heterocycles. The maximum atomic E-state index is 12.8. The molecular formula is C63H100O5. The average Bonchev–Trinajstić information content (AvgIpc) is 3.34. The quantitative estimate of drug-likeness (QED) is 0.0346. The summed E-state index contributed by atoms with van der Waals surface area (Å²) in [6.07, 6.45) is 83.0. The summed E-state index contributed by atoms with van der Waals surface area (Å²) in [5.74, 6) is -0.470. The van der Waals surface area contributed by atoms with E-state index in [9.17, 15) is 9.59 Å². The first-order valence-corrected chi connectivity index (χ1v) is 27.4. The number of carbonyl (C=O) groups is 2. The second-order valence-corrected chi connectivity index (χ2v) is 17.3. The van der Waals surface area contributed by atoms with Crippen molar-refractivity contribution in [2.24, 2.45) is 0 Å². The number of hydrogen-bond acceptors (Lipinski definition) is 5. The van der Waals surface area contributed by atoms with Crippen LogP contribution < -0.4 is 0 Å². The Kier molecular flexibility index (Phi) is 53.6. The third-order valence-electron chi connectivity index (χ3n) is 10.9. The van der Waals surface area contributed by atoms with Gasteiger partial charge in [0.1, 0.15) is 6.61 Å². The number of unbranched alkanes of at least 4 members (excludes halogenated alkanes) is 13. The van der Waals surface area contributed by atoms with Crippen LogP contribution in [0.2, 0.25) is 0 Å². The normalized spacial score (nSPS) is 13.4. The summed E-state index contributed by atoms with van der Waals surface area (Å²) in [5, 5.41) is 0. The molecule has 5 nitrogen and oxygen atoms in total. The molecule has 0 aliphatic rings. The van der Waals surface area contributed by atoms with Gasteiger partial charge in [-0.05, 0) is 128 Å². The molecule has 68 heavy (non-hydrogen) atoms. The monoisotopic (exact) mass is 937 g/mol. The zero-order chi connectivity index (χ0) is 49.2. The van der Waals surface area contributed by atoms with Gasteiger partial charge in [0, 0.05) is 19.4 Å². The molecule has 0 heterocycles. The van der Waals surface area contributed by atoms with Gasteiger partial charge in [0.05, 0.1) is 6.61 Å². The number of rotatable bonds is 48. The molecule has 5 heteroatoms. The van der Waals surface area contributed by atoms with E-state index in [2.05, 4.69) is 167 Å². The van der Waals surface area contributed by atoms with Crippen LogP contribution in [0.25, 0.3) is 0 Å². The average molecular weight is 937 g/mol. The van der Waals surface area contributed by atoms with E-state index in [1.54, 1.807) is 0 Å². The lowest BCUT2D eigenvalue weighted by atomic mass is 10.1. The second kappa shape index (κ2) is 57.1. The van der Waals surface area contributed by atoms with Crippen molar-refractivity contribution in [1.82, 2.24) is 0 Å². The molecule has 0 bridgehead atoms. The molecular weight excluding hydrogens is 837 g/mol. The largest absolute Gasteiger partial charge is 0.462 e. The fourth-order valence-electron chi connectivity index (χ4n) is 6.91. The fourth-order valence-corrected chi connectivity index (χ4v) is 6.91. The minimum atomic E-state index is -0.592. The molecule has 0 aliphatic carbocycles. The van der Waals surface area contributed by atoms with Crippen LogP contribution in [0.5, 0.6) is 0 Å². The lowest BCUT2D eigenvalue weighted by Crippen LogP contribution is -2.30. The highest BCUT2D eigenvalue weighted by Crippen LogP contribution is 2.13. The Balaban J connectivity index is 4.45. The summed E-state index contributed by atoms with van der Waals surface area (Å²) in [6.45, 7) is 7.30. The molecule has 1 unspecified atom stereocenters. The van der Waals surface area contributed by atoms with Gasteiger partial charge >= 0.3 is 11.9 Å². The van der Waals surface area contributed by atoms with E-state index >= 15 is 0 Å². The Morgan fingerprint density at radius 1 is 0.324 bits per heavy atom. The number of hydrogen-bond donors (Lipinski definition) is 0. The van der Waals surface area contributed by atoms with Crippen LogP contribution >= 0.6 is 0 Å². The maximum absolute atomic E-state index is 12.8. The third-order valence-corrected chi connectivity index (χ3v) is 10.9. The molecule has 0 N–H and O–H groups in total. The lowest BCUT2D eigenvalue weighted by molar-refractivity contribution is -0.163. The van der Waals surface area contributed by atoms with Gasteiger partial charge in [-0.15, -0.1) is 0 Å². The highest BCUT2D eigenvalue weighted by molar-refractivity contribution is 5.70. The Hall–Kier alpha value is -4.22. The van der Waals surface area contributed by atoms with Gasteiger partial charge in [0.25, 0.3) is 0 Å². The van der Waals surface area contributed by atoms with Crippen LogP contribution in [0.1, 0.15) is 213 Å². The Morgan fingerprint density at radius 2 is 0.618 bits per heavy atom. The summed E-state index contributed by atoms with van der Waals surface area (Å²) >= 11 is 0. The van der Waals surface area contributed by atoms with E-state index in [0.717, 1.165) is 148 Å². The lowest BCUT2D eigenvalue weighted by Gasteiger charge is -2.18. The molecule has 382 valence electrons. The van der Waals surface area contributed by atoms with Gasteiger partial charge in [-0.3, -0.25) is 9.59 Å². The molecule has 0 radical (unpaired) electrons. The summed E-state index contributed by atoms with van der Waals surface area (Å²) in [5.41, 5.74) is 0. The summed E-state index contributed by atoms with van der Waals surface area (Å²) in [6, 6.07) is 0. The smallest absolute Gasteiger partial charge is 0.306 e. The number of esters is 2. The number of allylic oxidation sites excluding steroid dienone is 24. The Morgan fingerprint density at radius 3 is 0.985 bits per heavy atom. The van der Waals surface area contributed by atoms with Crippen molar-refractivity contribution in [1.29, 1.82) is 0 Å². The molecule has 0 amide bonds. The number of carbonyl (C=O) groups excluding carboxylic acids is 2. The minimum absolute atomic E-state index is 0.0397. The predicted octanol–water partition coefficient (Wildman–Crippen LogP) is 18.9. The maximum Gasteiger partial charge on any atom is 0.306 e. The van der Waals surface area contributed by atoms with E-state index in [1.165, 1.54) is 32.1 Å². The van der Waals surface area contributed by atoms with Crippen LogP contribution in [-0.4, -0.2) is 37.9 Å². The third kappa shape index (κ3) is 54.4. The molecule has 0 aromatic heterocycles. The van der Waals surface area contributed by atoms with E-state index in [1.807, 2.05) is 0 Å². The van der Waals surface area contributed by atoms with Crippen molar-refractivity contribution in [2.45, 2.75) is 219 Å². The molecule has 0 aromatic carbocycles. The highest BCUT2D eigenvalue weighted by Gasteiger charge is 2.17. The van der Waals surface area contributed by atoms with Crippen molar-refractivity contribution < 1.29 is 23.8 Å². The first kappa shape index (κ1) is 63.8. The summed E-state index contributed by atoms with van der Waals surface area (Å²) < 4.78 is 17.4.